The molecule has 0 aliphatic heterocycles. The summed E-state index contributed by atoms with van der Waals surface area (Å²) in [6, 6.07) is 5.83. The van der Waals surface area contributed by atoms with Gasteiger partial charge in [0.2, 0.25) is 0 Å². The van der Waals surface area contributed by atoms with Crippen LogP contribution in [-0.2, 0) is 6.42 Å². The lowest BCUT2D eigenvalue weighted by Gasteiger charge is -2.08. The van der Waals surface area contributed by atoms with Crippen LogP contribution in [0.15, 0.2) is 29.1 Å². The van der Waals surface area contributed by atoms with E-state index in [1.165, 1.54) is 18.2 Å². The molecule has 3 aromatic rings. The number of aromatic amines is 1. The molecular formula is C16H16FN5O2. The van der Waals surface area contributed by atoms with E-state index in [-0.39, 0.29) is 28.5 Å². The van der Waals surface area contributed by atoms with Crippen LogP contribution in [0, 0.1) is 11.7 Å². The molecule has 2 aromatic heterocycles. The molecule has 124 valence electrons. The maximum atomic E-state index is 14.1. The first kappa shape index (κ1) is 15.9. The summed E-state index contributed by atoms with van der Waals surface area (Å²) >= 11 is 0. The van der Waals surface area contributed by atoms with Gasteiger partial charge in [0.05, 0.1) is 5.69 Å². The topological polar surface area (TPSA) is 107 Å². The summed E-state index contributed by atoms with van der Waals surface area (Å²) in [6.07, 6.45) is 0.493. The average Bonchev–Trinajstić information content (AvgIpc) is 2.82. The minimum Gasteiger partial charge on any atom is -0.364 e. The molecule has 3 N–H and O–H groups in total. The van der Waals surface area contributed by atoms with E-state index in [9.17, 15) is 14.0 Å². The molecule has 0 saturated heterocycles. The smallest absolute Gasteiger partial charge is 0.332 e. The molecule has 0 aliphatic rings. The van der Waals surface area contributed by atoms with E-state index in [1.54, 1.807) is 6.07 Å². The van der Waals surface area contributed by atoms with Crippen LogP contribution in [-0.4, -0.2) is 25.4 Å². The third-order valence-electron chi connectivity index (χ3n) is 3.50. The van der Waals surface area contributed by atoms with Gasteiger partial charge in [0.15, 0.2) is 11.3 Å². The lowest BCUT2D eigenvalue weighted by molar-refractivity contribution is 0.0996. The number of halogens is 1. The number of carbonyl (C=O) groups excluding carboxylic acids is 1. The number of H-pyrrole nitrogens is 1. The first-order valence-corrected chi connectivity index (χ1v) is 7.45. The Kier molecular flexibility index (Phi) is 3.88. The number of nitrogens with two attached hydrogens (primary N) is 1. The molecule has 1 amide bonds. The van der Waals surface area contributed by atoms with Crippen molar-refractivity contribution in [3.63, 3.8) is 0 Å². The van der Waals surface area contributed by atoms with Crippen molar-refractivity contribution in [1.82, 2.24) is 19.5 Å². The van der Waals surface area contributed by atoms with Crippen molar-refractivity contribution in [3.05, 3.63) is 52.1 Å². The summed E-state index contributed by atoms with van der Waals surface area (Å²) in [4.78, 5) is 35.0. The number of nitrogens with one attached hydrogen (secondary N) is 1. The second kappa shape index (κ2) is 5.88. The van der Waals surface area contributed by atoms with E-state index in [2.05, 4.69) is 15.0 Å². The van der Waals surface area contributed by atoms with Crippen molar-refractivity contribution >= 4 is 17.1 Å². The molecule has 0 saturated carbocycles. The summed E-state index contributed by atoms with van der Waals surface area (Å²) in [5.41, 5.74) is 4.94. The van der Waals surface area contributed by atoms with E-state index in [0.29, 0.717) is 12.2 Å². The second-order valence-electron chi connectivity index (χ2n) is 5.87. The highest BCUT2D eigenvalue weighted by molar-refractivity contribution is 6.01. The van der Waals surface area contributed by atoms with Crippen molar-refractivity contribution in [1.29, 1.82) is 0 Å². The number of rotatable bonds is 4. The average molecular weight is 329 g/mol. The predicted octanol–water partition coefficient (Wildman–Crippen LogP) is 1.55. The Balaban J connectivity index is 2.37. The van der Waals surface area contributed by atoms with Gasteiger partial charge in [0.25, 0.3) is 5.91 Å². The van der Waals surface area contributed by atoms with Gasteiger partial charge in [-0.15, -0.1) is 0 Å². The third-order valence-corrected chi connectivity index (χ3v) is 3.50. The molecule has 0 fully saturated rings. The number of hydrogen-bond acceptors (Lipinski definition) is 4. The number of para-hydroxylation sites is 1. The third kappa shape index (κ3) is 2.66. The monoisotopic (exact) mass is 329 g/mol. The summed E-state index contributed by atoms with van der Waals surface area (Å²) in [5.74, 6) is -0.759. The van der Waals surface area contributed by atoms with Gasteiger partial charge in [-0.05, 0) is 18.1 Å². The minimum atomic E-state index is -0.783. The highest BCUT2D eigenvalue weighted by Crippen LogP contribution is 2.19. The molecule has 8 heteroatoms. The quantitative estimate of drug-likeness (QED) is 0.757. The number of amides is 1. The molecule has 2 heterocycles. The van der Waals surface area contributed by atoms with Crippen LogP contribution in [0.5, 0.6) is 0 Å². The van der Waals surface area contributed by atoms with Gasteiger partial charge >= 0.3 is 5.69 Å². The van der Waals surface area contributed by atoms with E-state index in [4.69, 9.17) is 5.73 Å². The number of carbonyl (C=O) groups is 1. The molecule has 0 bridgehead atoms. The van der Waals surface area contributed by atoms with Crippen molar-refractivity contribution in [2.75, 3.05) is 0 Å². The van der Waals surface area contributed by atoms with Crippen molar-refractivity contribution in [3.8, 4) is 5.69 Å². The standard InChI is InChI=1S/C16H16FN5O2/c1-8(2)7-11-19-12(14(18)23)13-15(20-11)22(16(24)21-13)10-6-4-3-5-9(10)17/h3-6,8H,7H2,1-2H3,(H2,18,23)(H,21,24). The normalized spacial score (nSPS) is 11.3. The van der Waals surface area contributed by atoms with Gasteiger partial charge < -0.3 is 10.7 Å². The fourth-order valence-electron chi connectivity index (χ4n) is 2.52. The summed E-state index contributed by atoms with van der Waals surface area (Å²) < 4.78 is 15.2. The minimum absolute atomic E-state index is 0.0402. The molecule has 7 nitrogen and oxygen atoms in total. The highest BCUT2D eigenvalue weighted by atomic mass is 19.1. The van der Waals surface area contributed by atoms with Crippen LogP contribution in [0.4, 0.5) is 4.39 Å². The fourth-order valence-corrected chi connectivity index (χ4v) is 2.52. The van der Waals surface area contributed by atoms with Crippen LogP contribution in [0.3, 0.4) is 0 Å². The van der Waals surface area contributed by atoms with Crippen LogP contribution in [0.1, 0.15) is 30.2 Å². The van der Waals surface area contributed by atoms with Crippen LogP contribution < -0.4 is 11.4 Å². The number of imidazole rings is 1. The Labute approximate surface area is 136 Å². The van der Waals surface area contributed by atoms with Gasteiger partial charge in [-0.2, -0.15) is 0 Å². The Morgan fingerprint density at radius 2 is 2.04 bits per heavy atom. The zero-order valence-corrected chi connectivity index (χ0v) is 13.2. The molecular weight excluding hydrogens is 313 g/mol. The Morgan fingerprint density at radius 1 is 1.33 bits per heavy atom. The van der Waals surface area contributed by atoms with Crippen LogP contribution in [0.2, 0.25) is 0 Å². The van der Waals surface area contributed by atoms with Crippen molar-refractivity contribution in [2.24, 2.45) is 11.7 Å². The molecule has 0 aliphatic carbocycles. The molecule has 0 unspecified atom stereocenters. The number of aromatic nitrogens is 4. The summed E-state index contributed by atoms with van der Waals surface area (Å²) in [6.45, 7) is 3.94. The lowest BCUT2D eigenvalue weighted by atomic mass is 10.1. The molecule has 0 spiro atoms. The zero-order chi connectivity index (χ0) is 17.4. The van der Waals surface area contributed by atoms with Gasteiger partial charge in [-0.1, -0.05) is 26.0 Å². The highest BCUT2D eigenvalue weighted by Gasteiger charge is 2.20. The van der Waals surface area contributed by atoms with Crippen LogP contribution in [0.25, 0.3) is 16.9 Å². The molecule has 0 radical (unpaired) electrons. The van der Waals surface area contributed by atoms with Gasteiger partial charge in [-0.3, -0.25) is 4.79 Å². The molecule has 3 rings (SSSR count). The van der Waals surface area contributed by atoms with E-state index in [1.807, 2.05) is 13.8 Å². The first-order chi connectivity index (χ1) is 11.4. The molecule has 1 aromatic carbocycles. The molecule has 0 atom stereocenters. The van der Waals surface area contributed by atoms with Crippen LogP contribution >= 0.6 is 0 Å². The number of fused-ring (bicyclic) bond motifs is 1. The van der Waals surface area contributed by atoms with E-state index in [0.717, 1.165) is 4.57 Å². The largest absolute Gasteiger partial charge is 0.364 e. The SMILES string of the molecule is CC(C)Cc1nc(C(N)=O)c2[nH]c(=O)n(-c3ccccc3F)c2n1. The maximum absolute atomic E-state index is 14.1. The number of primary amides is 1. The van der Waals surface area contributed by atoms with E-state index >= 15 is 0 Å². The van der Waals surface area contributed by atoms with Gasteiger partial charge in [0, 0.05) is 6.42 Å². The lowest BCUT2D eigenvalue weighted by Crippen LogP contribution is -2.17. The van der Waals surface area contributed by atoms with Gasteiger partial charge in [0.1, 0.15) is 17.2 Å². The maximum Gasteiger partial charge on any atom is 0.332 e. The number of benzene rings is 1. The van der Waals surface area contributed by atoms with Crippen molar-refractivity contribution in [2.45, 2.75) is 20.3 Å². The second-order valence-corrected chi connectivity index (χ2v) is 5.87. The number of hydrogen-bond donors (Lipinski definition) is 2. The van der Waals surface area contributed by atoms with Gasteiger partial charge in [-0.25, -0.2) is 23.7 Å². The number of nitrogens with zero attached hydrogens (tertiary/aromatic N) is 3. The summed E-state index contributed by atoms with van der Waals surface area (Å²) in [7, 11) is 0. The Hall–Kier alpha value is -3.03. The fraction of sp³-hybridized carbons (Fsp3) is 0.250. The Bertz CT molecular complexity index is 990. The zero-order valence-electron chi connectivity index (χ0n) is 13.2. The predicted molar refractivity (Wildman–Crippen MR) is 86.5 cm³/mol. The molecule has 24 heavy (non-hydrogen) atoms. The summed E-state index contributed by atoms with van der Waals surface area (Å²) in [5, 5.41) is 0. The first-order valence-electron chi connectivity index (χ1n) is 7.45. The van der Waals surface area contributed by atoms with Crippen molar-refractivity contribution < 1.29 is 9.18 Å². The Morgan fingerprint density at radius 3 is 2.67 bits per heavy atom. The van der Waals surface area contributed by atoms with E-state index < -0.39 is 17.4 Å².